The second-order valence-corrected chi connectivity index (χ2v) is 13.9. The number of benzene rings is 1. The van der Waals surface area contributed by atoms with Gasteiger partial charge in [-0.25, -0.2) is 9.97 Å². The molecule has 7 nitrogen and oxygen atoms in total. The third kappa shape index (κ3) is 5.64. The maximum atomic E-state index is 12.7. The monoisotopic (exact) mass is 502 g/mol. The third-order valence-electron chi connectivity index (χ3n) is 6.11. The van der Waals surface area contributed by atoms with Crippen LogP contribution in [0, 0.1) is 11.8 Å². The minimum atomic E-state index is -2.42. The van der Waals surface area contributed by atoms with Crippen LogP contribution < -0.4 is 15.2 Å². The van der Waals surface area contributed by atoms with Crippen LogP contribution in [-0.4, -0.2) is 47.3 Å². The molecule has 9 heteroatoms. The van der Waals surface area contributed by atoms with Gasteiger partial charge >= 0.3 is 0 Å². The number of halogens is 1. The van der Waals surface area contributed by atoms with Crippen molar-refractivity contribution in [2.75, 3.05) is 37.7 Å². The summed E-state index contributed by atoms with van der Waals surface area (Å²) in [6, 6.07) is 7.64. The highest BCUT2D eigenvalue weighted by molar-refractivity contribution is 7.62. The summed E-state index contributed by atoms with van der Waals surface area (Å²) < 4.78 is 19.2. The number of anilines is 1. The topological polar surface area (TPSA) is 77.3 Å². The predicted octanol–water partition coefficient (Wildman–Crippen LogP) is 5.01. The first-order valence-corrected chi connectivity index (χ1v) is 14.7. The lowest BCUT2D eigenvalue weighted by Crippen LogP contribution is -2.39. The lowest BCUT2D eigenvalue weighted by molar-refractivity contribution is 0.353. The largest absolute Gasteiger partial charge is 0.480 e. The summed E-state index contributed by atoms with van der Waals surface area (Å²) in [5.74, 6) is 2.13. The first kappa shape index (κ1) is 24.7. The Morgan fingerprint density at radius 1 is 1.18 bits per heavy atom. The predicted molar refractivity (Wildman–Crippen MR) is 139 cm³/mol. The molecule has 0 bridgehead atoms. The Morgan fingerprint density at radius 2 is 1.88 bits per heavy atom. The minimum absolute atomic E-state index is 0.0283. The maximum absolute atomic E-state index is 12.7. The van der Waals surface area contributed by atoms with E-state index >= 15 is 0 Å². The highest BCUT2D eigenvalue weighted by atomic mass is 35.5. The molecule has 34 heavy (non-hydrogen) atoms. The highest BCUT2D eigenvalue weighted by Crippen LogP contribution is 2.35. The molecule has 0 amide bonds. The maximum Gasteiger partial charge on any atom is 0.293 e. The second-order valence-electron chi connectivity index (χ2n) is 10.1. The number of aryl methyl sites for hydroxylation is 1. The van der Waals surface area contributed by atoms with Crippen molar-refractivity contribution in [2.24, 2.45) is 18.9 Å². The average Bonchev–Trinajstić information content (AvgIpc) is 2.75. The van der Waals surface area contributed by atoms with E-state index in [1.165, 1.54) is 6.42 Å². The summed E-state index contributed by atoms with van der Waals surface area (Å²) in [6.45, 7) is 9.70. The third-order valence-corrected chi connectivity index (χ3v) is 7.18. The van der Waals surface area contributed by atoms with E-state index in [2.05, 4.69) is 23.7 Å². The number of ether oxygens (including phenoxy) is 1. The molecule has 1 aliphatic rings. The number of hydrogen-bond donors (Lipinski definition) is 0. The zero-order valence-electron chi connectivity index (χ0n) is 20.4. The second kappa shape index (κ2) is 9.71. The zero-order valence-corrected chi connectivity index (χ0v) is 22.1. The van der Waals surface area contributed by atoms with E-state index in [1.807, 2.05) is 18.2 Å². The molecule has 0 saturated carbocycles. The molecule has 1 aromatic carbocycles. The molecule has 182 valence electrons. The van der Waals surface area contributed by atoms with Crippen molar-refractivity contribution >= 4 is 35.6 Å². The van der Waals surface area contributed by atoms with Gasteiger partial charge in [0.15, 0.2) is 5.75 Å². The number of pyridine rings is 1. The molecule has 0 radical (unpaired) electrons. The Labute approximate surface area is 205 Å². The number of piperidine rings is 1. The lowest BCUT2D eigenvalue weighted by atomic mass is 9.92. The SMILES string of the molecule is C[C@@H]1C[C@H](C)CN(c2ncc(Cl)c(Cc3ccc4c(c3)cc(OCP(C)(C)=O)c(=O)n4C)n2)C1. The van der Waals surface area contributed by atoms with Gasteiger partial charge in [0.25, 0.3) is 5.56 Å². The smallest absolute Gasteiger partial charge is 0.293 e. The van der Waals surface area contributed by atoms with Crippen molar-refractivity contribution in [3.8, 4) is 5.75 Å². The summed E-state index contributed by atoms with van der Waals surface area (Å²) >= 11 is 6.48. The molecule has 2 atom stereocenters. The minimum Gasteiger partial charge on any atom is -0.480 e. The van der Waals surface area contributed by atoms with Crippen LogP contribution in [0.5, 0.6) is 5.75 Å². The molecule has 1 aliphatic heterocycles. The van der Waals surface area contributed by atoms with Gasteiger partial charge in [-0.05, 0) is 55.3 Å². The van der Waals surface area contributed by atoms with Crippen LogP contribution in [0.2, 0.25) is 5.02 Å². The van der Waals surface area contributed by atoms with Crippen LogP contribution in [-0.2, 0) is 18.0 Å². The lowest BCUT2D eigenvalue weighted by Gasteiger charge is -2.35. The molecular formula is C25H32ClN4O3P. The summed E-state index contributed by atoms with van der Waals surface area (Å²) in [5, 5.41) is 1.40. The van der Waals surface area contributed by atoms with Crippen molar-refractivity contribution in [3.63, 3.8) is 0 Å². The van der Waals surface area contributed by atoms with E-state index in [-0.39, 0.29) is 17.7 Å². The van der Waals surface area contributed by atoms with Crippen LogP contribution >= 0.6 is 18.7 Å². The van der Waals surface area contributed by atoms with Gasteiger partial charge in [-0.2, -0.15) is 0 Å². The summed E-state index contributed by atoms with van der Waals surface area (Å²) in [5.41, 5.74) is 2.34. The summed E-state index contributed by atoms with van der Waals surface area (Å²) in [7, 11) is -0.704. The van der Waals surface area contributed by atoms with Gasteiger partial charge < -0.3 is 18.8 Å². The Hall–Kier alpha value is -2.37. The fourth-order valence-electron chi connectivity index (χ4n) is 4.63. The van der Waals surface area contributed by atoms with Crippen molar-refractivity contribution < 1.29 is 9.30 Å². The normalized spacial score (nSPS) is 18.9. The quantitative estimate of drug-likeness (QED) is 0.441. The van der Waals surface area contributed by atoms with Gasteiger partial charge in [0.2, 0.25) is 5.95 Å². The number of rotatable bonds is 6. The Morgan fingerprint density at radius 3 is 2.56 bits per heavy atom. The van der Waals surface area contributed by atoms with E-state index < -0.39 is 7.14 Å². The van der Waals surface area contributed by atoms with E-state index in [0.29, 0.717) is 23.3 Å². The van der Waals surface area contributed by atoms with Gasteiger partial charge in [0.05, 0.1) is 22.4 Å². The number of nitrogens with zero attached hydrogens (tertiary/aromatic N) is 4. The molecule has 3 heterocycles. The van der Waals surface area contributed by atoms with E-state index in [4.69, 9.17) is 21.3 Å². The van der Waals surface area contributed by atoms with Gasteiger partial charge in [-0.3, -0.25) is 4.79 Å². The molecule has 0 unspecified atom stereocenters. The standard InChI is InChI=1S/C25H32ClN4O3P/c1-16-8-17(2)14-30(13-16)25-27-12-20(26)21(28-25)10-18-6-7-22-19(9-18)11-23(24(31)29(22)3)33-15-34(4,5)32/h6-7,9,11-12,16-17H,8,10,13-15H2,1-5H3/t16-,17+. The number of fused-ring (bicyclic) bond motifs is 1. The molecule has 1 fully saturated rings. The Balaban J connectivity index is 1.63. The summed E-state index contributed by atoms with van der Waals surface area (Å²) in [6.07, 6.45) is 3.48. The van der Waals surface area contributed by atoms with E-state index in [0.717, 1.165) is 41.2 Å². The first-order chi connectivity index (χ1) is 16.0. The molecule has 0 N–H and O–H groups in total. The van der Waals surface area contributed by atoms with Crippen molar-refractivity contribution in [1.29, 1.82) is 0 Å². The molecule has 2 aromatic heterocycles. The van der Waals surface area contributed by atoms with E-state index in [1.54, 1.807) is 37.2 Å². The van der Waals surface area contributed by atoms with Crippen LogP contribution in [0.15, 0.2) is 35.3 Å². The van der Waals surface area contributed by atoms with Crippen molar-refractivity contribution in [1.82, 2.24) is 14.5 Å². The summed E-state index contributed by atoms with van der Waals surface area (Å²) in [4.78, 5) is 24.2. The van der Waals surface area contributed by atoms with Crippen molar-refractivity contribution in [3.05, 3.63) is 57.1 Å². The van der Waals surface area contributed by atoms with Crippen LogP contribution in [0.4, 0.5) is 5.95 Å². The van der Waals surface area contributed by atoms with Crippen LogP contribution in [0.1, 0.15) is 31.5 Å². The number of hydrogen-bond acceptors (Lipinski definition) is 6. The molecule has 0 aliphatic carbocycles. The molecule has 3 aromatic rings. The van der Waals surface area contributed by atoms with Gasteiger partial charge in [-0.15, -0.1) is 0 Å². The molecular weight excluding hydrogens is 471 g/mol. The zero-order chi connectivity index (χ0) is 24.6. The highest BCUT2D eigenvalue weighted by Gasteiger charge is 2.24. The fourth-order valence-corrected chi connectivity index (χ4v) is 5.24. The van der Waals surface area contributed by atoms with Crippen LogP contribution in [0.3, 0.4) is 0 Å². The van der Waals surface area contributed by atoms with Crippen molar-refractivity contribution in [2.45, 2.75) is 26.7 Å². The Kier molecular flexibility index (Phi) is 7.07. The number of aromatic nitrogens is 3. The van der Waals surface area contributed by atoms with E-state index in [9.17, 15) is 9.36 Å². The first-order valence-electron chi connectivity index (χ1n) is 11.6. The molecule has 1 saturated heterocycles. The van der Waals surface area contributed by atoms with Gasteiger partial charge in [0.1, 0.15) is 13.5 Å². The molecule has 0 spiro atoms. The molecule has 4 rings (SSSR count). The average molecular weight is 503 g/mol. The Bertz CT molecular complexity index is 1310. The van der Waals surface area contributed by atoms with Gasteiger partial charge in [0, 0.05) is 31.9 Å². The van der Waals surface area contributed by atoms with Crippen LogP contribution in [0.25, 0.3) is 10.9 Å². The van der Waals surface area contributed by atoms with Gasteiger partial charge in [-0.1, -0.05) is 31.5 Å². The fraction of sp³-hybridized carbons (Fsp3) is 0.480.